The Morgan fingerprint density at radius 1 is 1.27 bits per heavy atom. The lowest BCUT2D eigenvalue weighted by Gasteiger charge is -2.10. The monoisotopic (exact) mass is 387 g/mol. The van der Waals surface area contributed by atoms with Crippen LogP contribution in [0, 0.1) is 0 Å². The summed E-state index contributed by atoms with van der Waals surface area (Å²) >= 11 is 5.79. The van der Waals surface area contributed by atoms with Crippen LogP contribution in [0.5, 0.6) is 11.6 Å². The summed E-state index contributed by atoms with van der Waals surface area (Å²) in [5.74, 6) is 0.168. The second kappa shape index (κ2) is 8.05. The highest BCUT2D eigenvalue weighted by Crippen LogP contribution is 2.34. The van der Waals surface area contributed by atoms with Crippen molar-refractivity contribution in [3.8, 4) is 11.6 Å². The van der Waals surface area contributed by atoms with E-state index in [0.717, 1.165) is 6.07 Å². The summed E-state index contributed by atoms with van der Waals surface area (Å²) in [6, 6.07) is 7.15. The van der Waals surface area contributed by atoms with Gasteiger partial charge in [0.2, 0.25) is 5.88 Å². The number of aromatic nitrogens is 1. The van der Waals surface area contributed by atoms with Gasteiger partial charge in [0.05, 0.1) is 18.4 Å². The van der Waals surface area contributed by atoms with Crippen LogP contribution in [0.25, 0.3) is 0 Å². The molecule has 0 unspecified atom stereocenters. The third-order valence-corrected chi connectivity index (χ3v) is 3.39. The lowest BCUT2D eigenvalue weighted by molar-refractivity contribution is -0.137. The van der Waals surface area contributed by atoms with E-state index in [2.05, 4.69) is 20.2 Å². The number of rotatable bonds is 4. The summed E-state index contributed by atoms with van der Waals surface area (Å²) in [5.41, 5.74) is 2.41. The first-order chi connectivity index (χ1) is 12.2. The topological polar surface area (TPSA) is 72.8 Å². The summed E-state index contributed by atoms with van der Waals surface area (Å²) in [5, 5.41) is 3.58. The number of alkyl halides is 3. The van der Waals surface area contributed by atoms with E-state index in [0.29, 0.717) is 23.2 Å². The highest BCUT2D eigenvalue weighted by molar-refractivity contribution is 6.31. The molecule has 2 rings (SSSR count). The van der Waals surface area contributed by atoms with Gasteiger partial charge in [-0.05, 0) is 42.8 Å². The molecule has 0 fully saturated rings. The van der Waals surface area contributed by atoms with Gasteiger partial charge in [0, 0.05) is 6.20 Å². The second-order valence-electron chi connectivity index (χ2n) is 4.94. The molecule has 2 aromatic rings. The number of hydrogen-bond donors (Lipinski definition) is 1. The molecule has 0 saturated heterocycles. The SMILES string of the molecule is COC(=O)N/N=C(/C)c1ccc(Oc2ncc(C(F)(F)F)cc2Cl)cc1. The van der Waals surface area contributed by atoms with Crippen LogP contribution in [0.4, 0.5) is 18.0 Å². The minimum absolute atomic E-state index is 0.148. The Bertz CT molecular complexity index is 824. The minimum atomic E-state index is -4.54. The number of hydrogen-bond acceptors (Lipinski definition) is 5. The molecule has 1 aromatic heterocycles. The van der Waals surface area contributed by atoms with E-state index in [9.17, 15) is 18.0 Å². The zero-order valence-corrected chi connectivity index (χ0v) is 14.4. The van der Waals surface area contributed by atoms with Gasteiger partial charge in [-0.15, -0.1) is 0 Å². The summed E-state index contributed by atoms with van der Waals surface area (Å²) in [6.07, 6.45) is -4.59. The Hall–Kier alpha value is -2.81. The molecule has 0 atom stereocenters. The van der Waals surface area contributed by atoms with E-state index in [4.69, 9.17) is 16.3 Å². The number of halogens is 4. The number of nitrogens with zero attached hydrogens (tertiary/aromatic N) is 2. The predicted molar refractivity (Wildman–Crippen MR) is 88.5 cm³/mol. The molecular formula is C16H13ClF3N3O3. The zero-order valence-electron chi connectivity index (χ0n) is 13.6. The number of hydrazone groups is 1. The normalized spacial score (nSPS) is 11.8. The van der Waals surface area contributed by atoms with E-state index >= 15 is 0 Å². The van der Waals surface area contributed by atoms with Crippen LogP contribution < -0.4 is 10.2 Å². The number of ether oxygens (including phenoxy) is 2. The van der Waals surface area contributed by atoms with E-state index in [1.165, 1.54) is 7.11 Å². The second-order valence-corrected chi connectivity index (χ2v) is 5.34. The number of pyridine rings is 1. The Balaban J connectivity index is 2.11. The standard InChI is InChI=1S/C16H13ClF3N3O3/c1-9(22-23-15(24)25-2)10-3-5-12(6-4-10)26-14-13(17)7-11(8-21-14)16(18,19)20/h3-8H,1-2H3,(H,23,24)/b22-9-. The largest absolute Gasteiger partial charge is 0.452 e. The van der Waals surface area contributed by atoms with Crippen LogP contribution in [0.15, 0.2) is 41.6 Å². The summed E-state index contributed by atoms with van der Waals surface area (Å²) in [7, 11) is 1.22. The Labute approximate surface area is 151 Å². The first-order valence-electron chi connectivity index (χ1n) is 7.10. The van der Waals surface area contributed by atoms with Gasteiger partial charge in [-0.1, -0.05) is 11.6 Å². The molecule has 6 nitrogen and oxygen atoms in total. The fourth-order valence-electron chi connectivity index (χ4n) is 1.77. The highest BCUT2D eigenvalue weighted by atomic mass is 35.5. The fraction of sp³-hybridized carbons (Fsp3) is 0.188. The lowest BCUT2D eigenvalue weighted by atomic mass is 10.1. The Morgan fingerprint density at radius 2 is 1.92 bits per heavy atom. The molecule has 1 aromatic carbocycles. The van der Waals surface area contributed by atoms with E-state index < -0.39 is 17.8 Å². The van der Waals surface area contributed by atoms with Gasteiger partial charge < -0.3 is 9.47 Å². The lowest BCUT2D eigenvalue weighted by Crippen LogP contribution is -2.18. The average Bonchev–Trinajstić information content (AvgIpc) is 2.60. The molecule has 0 aliphatic carbocycles. The third kappa shape index (κ3) is 5.09. The molecule has 0 bridgehead atoms. The maximum atomic E-state index is 12.6. The highest BCUT2D eigenvalue weighted by Gasteiger charge is 2.31. The van der Waals surface area contributed by atoms with Gasteiger partial charge in [-0.3, -0.25) is 0 Å². The number of nitrogens with one attached hydrogen (secondary N) is 1. The fourth-order valence-corrected chi connectivity index (χ4v) is 1.98. The molecule has 0 radical (unpaired) electrons. The van der Waals surface area contributed by atoms with Crippen molar-refractivity contribution in [2.75, 3.05) is 7.11 Å². The van der Waals surface area contributed by atoms with Crippen molar-refractivity contribution in [3.05, 3.63) is 52.7 Å². The van der Waals surface area contributed by atoms with Crippen molar-refractivity contribution in [1.29, 1.82) is 0 Å². The minimum Gasteiger partial charge on any atom is -0.452 e. The van der Waals surface area contributed by atoms with Gasteiger partial charge in [0.15, 0.2) is 0 Å². The van der Waals surface area contributed by atoms with Crippen LogP contribution in [0.3, 0.4) is 0 Å². The molecule has 1 amide bonds. The van der Waals surface area contributed by atoms with E-state index in [-0.39, 0.29) is 10.9 Å². The van der Waals surface area contributed by atoms with Crippen molar-refractivity contribution in [2.45, 2.75) is 13.1 Å². The Morgan fingerprint density at radius 3 is 2.46 bits per heavy atom. The first-order valence-corrected chi connectivity index (χ1v) is 7.48. The zero-order chi connectivity index (χ0) is 19.3. The maximum absolute atomic E-state index is 12.6. The van der Waals surface area contributed by atoms with Crippen molar-refractivity contribution in [3.63, 3.8) is 0 Å². The molecule has 0 spiro atoms. The van der Waals surface area contributed by atoms with E-state index in [1.807, 2.05) is 0 Å². The first kappa shape index (κ1) is 19.5. The van der Waals surface area contributed by atoms with Crippen LogP contribution in [-0.4, -0.2) is 23.9 Å². The quantitative estimate of drug-likeness (QED) is 0.613. The van der Waals surface area contributed by atoms with Gasteiger partial charge in [0.1, 0.15) is 10.8 Å². The molecule has 1 heterocycles. The van der Waals surface area contributed by atoms with Crippen molar-refractivity contribution in [1.82, 2.24) is 10.4 Å². The smallest absolute Gasteiger partial charge is 0.427 e. The number of carbonyl (C=O) groups excluding carboxylic acids is 1. The predicted octanol–water partition coefficient (Wildman–Crippen LogP) is 4.63. The van der Waals surface area contributed by atoms with Gasteiger partial charge in [-0.25, -0.2) is 15.2 Å². The molecule has 138 valence electrons. The summed E-state index contributed by atoms with van der Waals surface area (Å²) in [6.45, 7) is 1.67. The summed E-state index contributed by atoms with van der Waals surface area (Å²) < 4.78 is 47.6. The summed E-state index contributed by atoms with van der Waals surface area (Å²) in [4.78, 5) is 14.6. The molecule has 10 heteroatoms. The molecule has 0 aliphatic heterocycles. The third-order valence-electron chi connectivity index (χ3n) is 3.12. The molecule has 1 N–H and O–H groups in total. The van der Waals surface area contributed by atoms with Crippen molar-refractivity contribution >= 4 is 23.4 Å². The number of amides is 1. The number of carbonyl (C=O) groups is 1. The van der Waals surface area contributed by atoms with Crippen molar-refractivity contribution in [2.24, 2.45) is 5.10 Å². The Kier molecular flexibility index (Phi) is 6.04. The van der Waals surface area contributed by atoms with Gasteiger partial charge in [-0.2, -0.15) is 18.3 Å². The van der Waals surface area contributed by atoms with Gasteiger partial charge >= 0.3 is 12.3 Å². The van der Waals surface area contributed by atoms with Crippen LogP contribution in [0.2, 0.25) is 5.02 Å². The maximum Gasteiger partial charge on any atom is 0.427 e. The van der Waals surface area contributed by atoms with Crippen LogP contribution in [0.1, 0.15) is 18.1 Å². The number of methoxy groups -OCH3 is 1. The van der Waals surface area contributed by atoms with Crippen LogP contribution in [-0.2, 0) is 10.9 Å². The molecule has 0 saturated carbocycles. The van der Waals surface area contributed by atoms with Crippen LogP contribution >= 0.6 is 11.6 Å². The average molecular weight is 388 g/mol. The van der Waals surface area contributed by atoms with Gasteiger partial charge in [0.25, 0.3) is 0 Å². The number of benzene rings is 1. The van der Waals surface area contributed by atoms with Crippen molar-refractivity contribution < 1.29 is 27.4 Å². The van der Waals surface area contributed by atoms with E-state index in [1.54, 1.807) is 31.2 Å². The molecule has 26 heavy (non-hydrogen) atoms. The molecule has 0 aliphatic rings. The molecular weight excluding hydrogens is 375 g/mol.